The molecule has 0 bridgehead atoms. The Balaban J connectivity index is 2.22. The molecule has 0 saturated heterocycles. The van der Waals surface area contributed by atoms with Gasteiger partial charge in [0.15, 0.2) is 0 Å². The Hall–Kier alpha value is 0.440. The molecule has 0 spiro atoms. The zero-order chi connectivity index (χ0) is 11.7. The van der Waals surface area contributed by atoms with Crippen LogP contribution in [0.3, 0.4) is 0 Å². The zero-order valence-electron chi connectivity index (χ0n) is 10.8. The highest BCUT2D eigenvalue weighted by Crippen LogP contribution is 2.36. The Labute approximate surface area is 109 Å². The maximum atomic E-state index is 5.90. The number of ether oxygens (including phenoxy) is 1. The van der Waals surface area contributed by atoms with Gasteiger partial charge in [-0.3, -0.25) is 0 Å². The van der Waals surface area contributed by atoms with Gasteiger partial charge in [-0.15, -0.1) is 0 Å². The summed E-state index contributed by atoms with van der Waals surface area (Å²) >= 11 is 3.71. The maximum absolute atomic E-state index is 5.90. The third-order valence-electron chi connectivity index (χ3n) is 3.75. The van der Waals surface area contributed by atoms with Crippen molar-refractivity contribution >= 4 is 15.9 Å². The Kier molecular flexibility index (Phi) is 7.72. The van der Waals surface area contributed by atoms with Crippen molar-refractivity contribution in [1.29, 1.82) is 0 Å². The van der Waals surface area contributed by atoms with Gasteiger partial charge in [0.2, 0.25) is 0 Å². The second-order valence-electron chi connectivity index (χ2n) is 5.31. The highest BCUT2D eigenvalue weighted by Gasteiger charge is 2.29. The topological polar surface area (TPSA) is 9.23 Å². The quantitative estimate of drug-likeness (QED) is 0.367. The third kappa shape index (κ3) is 5.18. The number of hydrogen-bond donors (Lipinski definition) is 0. The summed E-state index contributed by atoms with van der Waals surface area (Å²) < 4.78 is 5.90. The first-order chi connectivity index (χ1) is 7.83. The molecule has 0 aromatic carbocycles. The van der Waals surface area contributed by atoms with Crippen molar-refractivity contribution in [3.63, 3.8) is 0 Å². The van der Waals surface area contributed by atoms with Crippen molar-refractivity contribution in [1.82, 2.24) is 0 Å². The van der Waals surface area contributed by atoms with E-state index in [1.54, 1.807) is 0 Å². The van der Waals surface area contributed by atoms with Crippen molar-refractivity contribution in [2.45, 2.75) is 64.7 Å². The minimum absolute atomic E-state index is 0.447. The highest BCUT2D eigenvalue weighted by molar-refractivity contribution is 9.09. The summed E-state index contributed by atoms with van der Waals surface area (Å²) in [5.74, 6) is 0. The smallest absolute Gasteiger partial charge is 0.0530 e. The van der Waals surface area contributed by atoms with E-state index in [1.165, 1.54) is 57.8 Å². The van der Waals surface area contributed by atoms with E-state index in [9.17, 15) is 0 Å². The van der Waals surface area contributed by atoms with Crippen molar-refractivity contribution in [2.24, 2.45) is 5.41 Å². The fourth-order valence-electron chi connectivity index (χ4n) is 2.54. The molecule has 1 aliphatic carbocycles. The molecular weight excluding hydrogens is 264 g/mol. The molecule has 1 aliphatic rings. The zero-order valence-corrected chi connectivity index (χ0v) is 12.4. The predicted octanol–water partition coefficient (Wildman–Crippen LogP) is 4.93. The van der Waals surface area contributed by atoms with Gasteiger partial charge in [0.1, 0.15) is 0 Å². The minimum Gasteiger partial charge on any atom is -0.381 e. The van der Waals surface area contributed by atoms with Crippen molar-refractivity contribution in [3.8, 4) is 0 Å². The number of unbranched alkanes of at least 4 members (excludes halogenated alkanes) is 2. The molecule has 0 aromatic rings. The average molecular weight is 291 g/mol. The summed E-state index contributed by atoms with van der Waals surface area (Å²) in [5, 5.41) is 1.12. The third-order valence-corrected chi connectivity index (χ3v) is 4.94. The van der Waals surface area contributed by atoms with Crippen LogP contribution in [0, 0.1) is 5.41 Å². The first-order valence-electron chi connectivity index (χ1n) is 6.97. The van der Waals surface area contributed by atoms with Gasteiger partial charge in [-0.1, -0.05) is 61.4 Å². The first-order valence-corrected chi connectivity index (χ1v) is 8.09. The van der Waals surface area contributed by atoms with Crippen LogP contribution in [0.1, 0.15) is 64.7 Å². The molecule has 0 atom stereocenters. The van der Waals surface area contributed by atoms with Gasteiger partial charge in [-0.25, -0.2) is 0 Å². The number of rotatable bonds is 7. The van der Waals surface area contributed by atoms with E-state index >= 15 is 0 Å². The standard InChI is InChI=1S/C14H27BrO/c1-2-3-8-11-16-13-14(12-15)9-6-4-5-7-10-14/h2-13H2,1H3. The number of alkyl halides is 1. The van der Waals surface area contributed by atoms with E-state index in [-0.39, 0.29) is 0 Å². The van der Waals surface area contributed by atoms with E-state index in [0.717, 1.165) is 18.5 Å². The van der Waals surface area contributed by atoms with Gasteiger partial charge in [0.05, 0.1) is 6.61 Å². The lowest BCUT2D eigenvalue weighted by Crippen LogP contribution is -2.28. The molecule has 2 heteroatoms. The molecule has 16 heavy (non-hydrogen) atoms. The molecule has 96 valence electrons. The molecule has 1 saturated carbocycles. The monoisotopic (exact) mass is 290 g/mol. The van der Waals surface area contributed by atoms with Gasteiger partial charge in [-0.05, 0) is 19.3 Å². The van der Waals surface area contributed by atoms with Crippen LogP contribution in [0.5, 0.6) is 0 Å². The molecule has 0 aliphatic heterocycles. The summed E-state index contributed by atoms with van der Waals surface area (Å²) in [7, 11) is 0. The fraction of sp³-hybridized carbons (Fsp3) is 1.00. The van der Waals surface area contributed by atoms with Crippen LogP contribution < -0.4 is 0 Å². The average Bonchev–Trinajstić information content (AvgIpc) is 2.55. The van der Waals surface area contributed by atoms with Gasteiger partial charge in [0.25, 0.3) is 0 Å². The van der Waals surface area contributed by atoms with Gasteiger partial charge >= 0.3 is 0 Å². The predicted molar refractivity (Wildman–Crippen MR) is 74.3 cm³/mol. The SMILES string of the molecule is CCCCCOCC1(CBr)CCCCCC1. The summed E-state index contributed by atoms with van der Waals surface area (Å²) in [6, 6.07) is 0. The Bertz CT molecular complexity index is 162. The summed E-state index contributed by atoms with van der Waals surface area (Å²) in [6.45, 7) is 4.18. The van der Waals surface area contributed by atoms with Crippen molar-refractivity contribution in [2.75, 3.05) is 18.5 Å². The van der Waals surface area contributed by atoms with Crippen LogP contribution in [0.2, 0.25) is 0 Å². The van der Waals surface area contributed by atoms with E-state index in [1.807, 2.05) is 0 Å². The lowest BCUT2D eigenvalue weighted by atomic mass is 9.83. The van der Waals surface area contributed by atoms with Crippen LogP contribution in [0.25, 0.3) is 0 Å². The second-order valence-corrected chi connectivity index (χ2v) is 5.87. The molecule has 0 unspecified atom stereocenters. The molecule has 0 N–H and O–H groups in total. The van der Waals surface area contributed by atoms with Crippen molar-refractivity contribution in [3.05, 3.63) is 0 Å². The molecule has 1 rings (SSSR count). The molecule has 0 aromatic heterocycles. The maximum Gasteiger partial charge on any atom is 0.0530 e. The minimum atomic E-state index is 0.447. The number of halogens is 1. The lowest BCUT2D eigenvalue weighted by Gasteiger charge is -2.30. The molecule has 0 amide bonds. The summed E-state index contributed by atoms with van der Waals surface area (Å²) in [4.78, 5) is 0. The highest BCUT2D eigenvalue weighted by atomic mass is 79.9. The van der Waals surface area contributed by atoms with Crippen LogP contribution in [0.4, 0.5) is 0 Å². The lowest BCUT2D eigenvalue weighted by molar-refractivity contribution is 0.0456. The fourth-order valence-corrected chi connectivity index (χ4v) is 3.26. The van der Waals surface area contributed by atoms with E-state index in [0.29, 0.717) is 5.41 Å². The van der Waals surface area contributed by atoms with E-state index in [4.69, 9.17) is 4.74 Å². The largest absolute Gasteiger partial charge is 0.381 e. The number of hydrogen-bond acceptors (Lipinski definition) is 1. The van der Waals surface area contributed by atoms with Crippen molar-refractivity contribution < 1.29 is 4.74 Å². The van der Waals surface area contributed by atoms with Gasteiger partial charge in [0, 0.05) is 17.4 Å². The van der Waals surface area contributed by atoms with E-state index in [2.05, 4.69) is 22.9 Å². The Morgan fingerprint density at radius 2 is 1.75 bits per heavy atom. The summed E-state index contributed by atoms with van der Waals surface area (Å²) in [6.07, 6.45) is 12.2. The second kappa shape index (κ2) is 8.52. The molecule has 0 heterocycles. The van der Waals surface area contributed by atoms with Crippen LogP contribution in [0.15, 0.2) is 0 Å². The molecular formula is C14H27BrO. The summed E-state index contributed by atoms with van der Waals surface area (Å²) in [5.41, 5.74) is 0.447. The molecule has 1 fully saturated rings. The van der Waals surface area contributed by atoms with Gasteiger partial charge < -0.3 is 4.74 Å². The van der Waals surface area contributed by atoms with Crippen LogP contribution in [-0.2, 0) is 4.74 Å². The van der Waals surface area contributed by atoms with Crippen LogP contribution >= 0.6 is 15.9 Å². The first kappa shape index (κ1) is 14.5. The van der Waals surface area contributed by atoms with Gasteiger partial charge in [-0.2, -0.15) is 0 Å². The Morgan fingerprint density at radius 1 is 1.06 bits per heavy atom. The molecule has 0 radical (unpaired) electrons. The van der Waals surface area contributed by atoms with Crippen LogP contribution in [-0.4, -0.2) is 18.5 Å². The molecule has 1 nitrogen and oxygen atoms in total. The van der Waals surface area contributed by atoms with E-state index < -0.39 is 0 Å². The normalized spacial score (nSPS) is 20.6. The Morgan fingerprint density at radius 3 is 2.31 bits per heavy atom.